The van der Waals surface area contributed by atoms with E-state index in [1.54, 1.807) is 0 Å². The maximum atomic E-state index is 12.8. The van der Waals surface area contributed by atoms with Crippen molar-refractivity contribution in [3.05, 3.63) is 58.7 Å². The molecule has 2 aromatic carbocycles. The van der Waals surface area contributed by atoms with Gasteiger partial charge in [0.15, 0.2) is 0 Å². The summed E-state index contributed by atoms with van der Waals surface area (Å²) < 4.78 is 28.4. The summed E-state index contributed by atoms with van der Waals surface area (Å²) in [5, 5.41) is 2.96. The molecule has 168 valence electrons. The van der Waals surface area contributed by atoms with Crippen LogP contribution in [0.3, 0.4) is 0 Å². The van der Waals surface area contributed by atoms with Gasteiger partial charge in [-0.15, -0.1) is 0 Å². The van der Waals surface area contributed by atoms with Crippen LogP contribution in [0.25, 0.3) is 0 Å². The molecule has 6 nitrogen and oxygen atoms in total. The first kappa shape index (κ1) is 23.3. The number of rotatable bonds is 6. The van der Waals surface area contributed by atoms with Gasteiger partial charge in [-0.05, 0) is 81.7 Å². The molecule has 0 aliphatic carbocycles. The summed E-state index contributed by atoms with van der Waals surface area (Å²) in [5.74, 6) is 0.408. The highest BCUT2D eigenvalue weighted by atomic mass is 32.2. The maximum Gasteiger partial charge on any atom is 0.321 e. The van der Waals surface area contributed by atoms with E-state index in [0.717, 1.165) is 47.2 Å². The lowest BCUT2D eigenvalue weighted by Crippen LogP contribution is -2.41. The van der Waals surface area contributed by atoms with Crippen LogP contribution in [0.5, 0.6) is 0 Å². The topological polar surface area (TPSA) is 78.5 Å². The number of carbonyl (C=O) groups is 1. The van der Waals surface area contributed by atoms with Crippen LogP contribution in [0.15, 0.2) is 41.3 Å². The van der Waals surface area contributed by atoms with Crippen LogP contribution >= 0.6 is 0 Å². The number of hydrogen-bond donors (Lipinski definition) is 2. The van der Waals surface area contributed by atoms with Crippen molar-refractivity contribution < 1.29 is 13.2 Å². The number of sulfonamides is 1. The van der Waals surface area contributed by atoms with Crippen molar-refractivity contribution in [3.63, 3.8) is 0 Å². The highest BCUT2D eigenvalue weighted by molar-refractivity contribution is 7.89. The Labute approximate surface area is 186 Å². The molecule has 0 bridgehead atoms. The Balaban J connectivity index is 1.47. The lowest BCUT2D eigenvalue weighted by molar-refractivity contribution is 0.180. The van der Waals surface area contributed by atoms with Crippen molar-refractivity contribution in [2.24, 2.45) is 5.92 Å². The number of aryl methyl sites for hydroxylation is 4. The van der Waals surface area contributed by atoms with Crippen molar-refractivity contribution in [1.29, 1.82) is 0 Å². The molecular weight excluding hydrogens is 410 g/mol. The molecule has 7 heteroatoms. The van der Waals surface area contributed by atoms with E-state index in [-0.39, 0.29) is 6.03 Å². The van der Waals surface area contributed by atoms with Gasteiger partial charge in [0.2, 0.25) is 10.0 Å². The van der Waals surface area contributed by atoms with Crippen molar-refractivity contribution in [2.75, 3.05) is 25.0 Å². The maximum absolute atomic E-state index is 12.8. The van der Waals surface area contributed by atoms with E-state index in [9.17, 15) is 13.2 Å². The second-order valence-electron chi connectivity index (χ2n) is 8.64. The van der Waals surface area contributed by atoms with Crippen LogP contribution < -0.4 is 10.0 Å². The van der Waals surface area contributed by atoms with Crippen LogP contribution in [0.2, 0.25) is 0 Å². The van der Waals surface area contributed by atoms with Crippen LogP contribution in [-0.2, 0) is 10.0 Å². The number of hydrogen-bond acceptors (Lipinski definition) is 3. The summed E-state index contributed by atoms with van der Waals surface area (Å²) >= 11 is 0. The zero-order chi connectivity index (χ0) is 22.6. The summed E-state index contributed by atoms with van der Waals surface area (Å²) in [7, 11) is -3.53. The highest BCUT2D eigenvalue weighted by Crippen LogP contribution is 2.23. The van der Waals surface area contributed by atoms with E-state index >= 15 is 0 Å². The minimum absolute atomic E-state index is 0.0740. The lowest BCUT2D eigenvalue weighted by Gasteiger charge is -2.32. The van der Waals surface area contributed by atoms with E-state index in [1.165, 1.54) is 0 Å². The van der Waals surface area contributed by atoms with E-state index < -0.39 is 10.0 Å². The molecule has 2 amide bonds. The number of likely N-dealkylation sites (tertiary alicyclic amines) is 1. The monoisotopic (exact) mass is 443 g/mol. The molecule has 1 heterocycles. The first-order valence-corrected chi connectivity index (χ1v) is 12.3. The number of carbonyl (C=O) groups excluding carboxylic acids is 1. The quantitative estimate of drug-likeness (QED) is 0.688. The third kappa shape index (κ3) is 6.08. The number of urea groups is 1. The van der Waals surface area contributed by atoms with Gasteiger partial charge >= 0.3 is 6.03 Å². The number of anilines is 1. The number of piperidine rings is 1. The Hall–Kier alpha value is -2.38. The zero-order valence-corrected chi connectivity index (χ0v) is 19.7. The second-order valence-corrected chi connectivity index (χ2v) is 10.3. The molecule has 3 rings (SSSR count). The predicted molar refractivity (Wildman–Crippen MR) is 125 cm³/mol. The summed E-state index contributed by atoms with van der Waals surface area (Å²) in [6, 6.07) is 11.5. The fourth-order valence-electron chi connectivity index (χ4n) is 4.41. The van der Waals surface area contributed by atoms with Gasteiger partial charge in [-0.25, -0.2) is 17.9 Å². The first-order valence-electron chi connectivity index (χ1n) is 10.9. The SMILES string of the molecule is Cc1cccc(NC(=O)N2CCC(CCNS(=O)(=O)c3c(C)cc(C)cc3C)CC2)c1. The molecule has 0 atom stereocenters. The highest BCUT2D eigenvalue weighted by Gasteiger charge is 2.24. The van der Waals surface area contributed by atoms with Gasteiger partial charge in [-0.2, -0.15) is 0 Å². The van der Waals surface area contributed by atoms with E-state index in [1.807, 2.05) is 69.0 Å². The number of amides is 2. The molecule has 0 radical (unpaired) electrons. The van der Waals surface area contributed by atoms with Gasteiger partial charge in [0.05, 0.1) is 4.90 Å². The molecule has 2 aromatic rings. The first-order chi connectivity index (χ1) is 14.7. The van der Waals surface area contributed by atoms with Gasteiger partial charge in [-0.3, -0.25) is 0 Å². The summed E-state index contributed by atoms with van der Waals surface area (Å²) in [4.78, 5) is 14.7. The summed E-state index contributed by atoms with van der Waals surface area (Å²) in [6.07, 6.45) is 2.54. The van der Waals surface area contributed by atoms with Crippen molar-refractivity contribution in [2.45, 2.75) is 51.9 Å². The third-order valence-corrected chi connectivity index (χ3v) is 7.65. The van der Waals surface area contributed by atoms with Gasteiger partial charge in [-0.1, -0.05) is 29.8 Å². The number of benzene rings is 2. The molecule has 0 spiro atoms. The van der Waals surface area contributed by atoms with Crippen molar-refractivity contribution in [3.8, 4) is 0 Å². The van der Waals surface area contributed by atoms with Crippen molar-refractivity contribution >= 4 is 21.7 Å². The van der Waals surface area contributed by atoms with E-state index in [4.69, 9.17) is 0 Å². The van der Waals surface area contributed by atoms with Gasteiger partial charge in [0, 0.05) is 25.3 Å². The van der Waals surface area contributed by atoms with Gasteiger partial charge < -0.3 is 10.2 Å². The van der Waals surface area contributed by atoms with Crippen LogP contribution in [0.1, 0.15) is 41.5 Å². The standard InChI is InChI=1S/C24H33N3O3S/c1-17-6-5-7-22(16-17)26-24(28)27-12-9-21(10-13-27)8-11-25-31(29,30)23-19(3)14-18(2)15-20(23)4/h5-7,14-16,21,25H,8-13H2,1-4H3,(H,26,28). The third-order valence-electron chi connectivity index (χ3n) is 5.89. The fourth-order valence-corrected chi connectivity index (χ4v) is 5.91. The molecule has 1 aliphatic heterocycles. The number of nitrogens with zero attached hydrogens (tertiary/aromatic N) is 1. The fraction of sp³-hybridized carbons (Fsp3) is 0.458. The average Bonchev–Trinajstić information content (AvgIpc) is 2.67. The second kappa shape index (κ2) is 9.83. The molecule has 0 unspecified atom stereocenters. The molecular formula is C24H33N3O3S. The smallest absolute Gasteiger partial charge is 0.321 e. The Morgan fingerprint density at radius 1 is 1.00 bits per heavy atom. The van der Waals surface area contributed by atoms with Crippen LogP contribution in [0.4, 0.5) is 10.5 Å². The zero-order valence-electron chi connectivity index (χ0n) is 18.9. The summed E-state index contributed by atoms with van der Waals surface area (Å²) in [5.41, 5.74) is 4.53. The molecule has 2 N–H and O–H groups in total. The normalized spacial score (nSPS) is 15.2. The minimum Gasteiger partial charge on any atom is -0.325 e. The van der Waals surface area contributed by atoms with Crippen LogP contribution in [-0.4, -0.2) is 39.0 Å². The van der Waals surface area contributed by atoms with E-state index in [0.29, 0.717) is 30.4 Å². The molecule has 1 fully saturated rings. The predicted octanol–water partition coefficient (Wildman–Crippen LogP) is 4.53. The van der Waals surface area contributed by atoms with Crippen molar-refractivity contribution in [1.82, 2.24) is 9.62 Å². The molecule has 1 aliphatic rings. The molecule has 31 heavy (non-hydrogen) atoms. The van der Waals surface area contributed by atoms with Crippen LogP contribution in [0, 0.1) is 33.6 Å². The Kier molecular flexibility index (Phi) is 7.38. The van der Waals surface area contributed by atoms with Gasteiger partial charge in [0.1, 0.15) is 0 Å². The Bertz CT molecular complexity index is 1020. The summed E-state index contributed by atoms with van der Waals surface area (Å²) in [6.45, 7) is 9.43. The molecule has 0 aromatic heterocycles. The Morgan fingerprint density at radius 3 is 2.26 bits per heavy atom. The minimum atomic E-state index is -3.53. The molecule has 1 saturated heterocycles. The largest absolute Gasteiger partial charge is 0.325 e. The molecule has 0 saturated carbocycles. The average molecular weight is 444 g/mol. The Morgan fingerprint density at radius 2 is 1.65 bits per heavy atom. The van der Waals surface area contributed by atoms with E-state index in [2.05, 4.69) is 10.0 Å². The lowest BCUT2D eigenvalue weighted by atomic mass is 9.94. The number of nitrogens with one attached hydrogen (secondary N) is 2. The van der Waals surface area contributed by atoms with Gasteiger partial charge in [0.25, 0.3) is 0 Å².